The van der Waals surface area contributed by atoms with E-state index in [0.717, 1.165) is 44.9 Å². The molecular formula is C20H17N5O3S. The molecule has 29 heavy (non-hydrogen) atoms. The summed E-state index contributed by atoms with van der Waals surface area (Å²) in [6.45, 7) is 0. The van der Waals surface area contributed by atoms with Crippen molar-refractivity contribution in [3.05, 3.63) is 54.9 Å². The second-order valence-corrected chi connectivity index (χ2v) is 7.13. The Balaban J connectivity index is 1.78. The number of thioether (sulfide) groups is 1. The Morgan fingerprint density at radius 3 is 2.90 bits per heavy atom. The standard InChI is InChI=1S/C20H17N5O3S/c1-28-25-15-8-13(16-4-2-3-12-10-21-6-5-17(12)16)7-14(9-15)19-22-20(24-23-19)29-11-18(26)27/h2-10,25H,11H2,1H3,(H,26,27)(H,22,23,24). The quantitative estimate of drug-likeness (QED) is 0.313. The molecule has 0 fully saturated rings. The summed E-state index contributed by atoms with van der Waals surface area (Å²) in [6, 6.07) is 13.9. The van der Waals surface area contributed by atoms with Gasteiger partial charge in [-0.1, -0.05) is 30.0 Å². The van der Waals surface area contributed by atoms with Crippen LogP contribution in [-0.2, 0) is 9.63 Å². The van der Waals surface area contributed by atoms with Crippen LogP contribution in [0.2, 0.25) is 0 Å². The second kappa shape index (κ2) is 8.29. The fourth-order valence-corrected chi connectivity index (χ4v) is 3.57. The van der Waals surface area contributed by atoms with Crippen molar-refractivity contribution in [1.29, 1.82) is 0 Å². The monoisotopic (exact) mass is 407 g/mol. The largest absolute Gasteiger partial charge is 0.481 e. The van der Waals surface area contributed by atoms with Crippen LogP contribution in [0.3, 0.4) is 0 Å². The van der Waals surface area contributed by atoms with E-state index < -0.39 is 5.97 Å². The first-order chi connectivity index (χ1) is 14.1. The van der Waals surface area contributed by atoms with E-state index in [0.29, 0.717) is 11.0 Å². The molecule has 0 bridgehead atoms. The number of carboxylic acids is 1. The lowest BCUT2D eigenvalue weighted by atomic mass is 9.97. The van der Waals surface area contributed by atoms with Gasteiger partial charge in [0.15, 0.2) is 11.0 Å². The molecule has 0 aliphatic heterocycles. The Morgan fingerprint density at radius 2 is 2.07 bits per heavy atom. The number of fused-ring (bicyclic) bond motifs is 1. The molecule has 0 atom stereocenters. The highest BCUT2D eigenvalue weighted by Crippen LogP contribution is 2.33. The van der Waals surface area contributed by atoms with Gasteiger partial charge in [-0.3, -0.25) is 20.1 Å². The lowest BCUT2D eigenvalue weighted by Gasteiger charge is -2.11. The Kier molecular flexibility index (Phi) is 5.41. The van der Waals surface area contributed by atoms with E-state index in [4.69, 9.17) is 9.94 Å². The van der Waals surface area contributed by atoms with Crippen LogP contribution < -0.4 is 5.48 Å². The normalized spacial score (nSPS) is 10.9. The van der Waals surface area contributed by atoms with Crippen LogP contribution in [0.4, 0.5) is 5.69 Å². The minimum absolute atomic E-state index is 0.0881. The Labute approximate surface area is 170 Å². The molecule has 2 aromatic carbocycles. The van der Waals surface area contributed by atoms with Gasteiger partial charge in [0.05, 0.1) is 18.6 Å². The molecule has 0 amide bonds. The molecule has 0 aliphatic rings. The van der Waals surface area contributed by atoms with Gasteiger partial charge < -0.3 is 10.1 Å². The zero-order valence-corrected chi connectivity index (χ0v) is 16.2. The number of H-pyrrole nitrogens is 1. The molecule has 0 saturated carbocycles. The first-order valence-corrected chi connectivity index (χ1v) is 9.67. The van der Waals surface area contributed by atoms with Crippen LogP contribution in [-0.4, -0.2) is 44.1 Å². The van der Waals surface area contributed by atoms with Crippen molar-refractivity contribution in [1.82, 2.24) is 20.2 Å². The van der Waals surface area contributed by atoms with E-state index in [9.17, 15) is 4.79 Å². The van der Waals surface area contributed by atoms with Crippen molar-refractivity contribution >= 4 is 34.2 Å². The topological polar surface area (TPSA) is 113 Å². The molecule has 4 aromatic rings. The SMILES string of the molecule is CONc1cc(-c2nnc(SCC(=O)O)[nH]2)cc(-c2cccc3cnccc23)c1. The molecule has 0 spiro atoms. The molecule has 0 unspecified atom stereocenters. The summed E-state index contributed by atoms with van der Waals surface area (Å²) < 4.78 is 0. The average Bonchev–Trinajstić information content (AvgIpc) is 3.21. The highest BCUT2D eigenvalue weighted by atomic mass is 32.2. The van der Waals surface area contributed by atoms with Gasteiger partial charge in [0.1, 0.15) is 0 Å². The van der Waals surface area contributed by atoms with Gasteiger partial charge in [-0.05, 0) is 40.8 Å². The number of aromatic amines is 1. The molecule has 2 heterocycles. The zero-order chi connectivity index (χ0) is 20.2. The van der Waals surface area contributed by atoms with Crippen LogP contribution in [0.15, 0.2) is 60.0 Å². The van der Waals surface area contributed by atoms with Crippen LogP contribution in [0, 0.1) is 0 Å². The third-order valence-corrected chi connectivity index (χ3v) is 5.07. The number of aliphatic carboxylic acids is 1. The Bertz CT molecular complexity index is 1170. The van der Waals surface area contributed by atoms with Gasteiger partial charge in [0, 0.05) is 23.3 Å². The van der Waals surface area contributed by atoms with Gasteiger partial charge in [0.2, 0.25) is 0 Å². The molecule has 146 valence electrons. The maximum atomic E-state index is 10.8. The van der Waals surface area contributed by atoms with E-state index in [1.807, 2.05) is 48.7 Å². The van der Waals surface area contributed by atoms with Gasteiger partial charge in [0.25, 0.3) is 0 Å². The van der Waals surface area contributed by atoms with Crippen LogP contribution >= 0.6 is 11.8 Å². The molecule has 0 aliphatic carbocycles. The van der Waals surface area contributed by atoms with E-state index >= 15 is 0 Å². The van der Waals surface area contributed by atoms with Gasteiger partial charge in [-0.25, -0.2) is 0 Å². The Morgan fingerprint density at radius 1 is 1.21 bits per heavy atom. The lowest BCUT2D eigenvalue weighted by molar-refractivity contribution is -0.133. The van der Waals surface area contributed by atoms with Crippen molar-refractivity contribution in [3.63, 3.8) is 0 Å². The predicted molar refractivity (Wildman–Crippen MR) is 112 cm³/mol. The maximum Gasteiger partial charge on any atom is 0.313 e. The summed E-state index contributed by atoms with van der Waals surface area (Å²) in [4.78, 5) is 23.1. The summed E-state index contributed by atoms with van der Waals surface area (Å²) >= 11 is 1.08. The predicted octanol–water partition coefficient (Wildman–Crippen LogP) is 3.84. The van der Waals surface area contributed by atoms with E-state index in [1.54, 1.807) is 13.3 Å². The average molecular weight is 407 g/mol. The highest BCUT2D eigenvalue weighted by Gasteiger charge is 2.12. The summed E-state index contributed by atoms with van der Waals surface area (Å²) in [5.41, 5.74) is 6.43. The first-order valence-electron chi connectivity index (χ1n) is 8.69. The summed E-state index contributed by atoms with van der Waals surface area (Å²) in [5.74, 6) is -0.456. The number of nitrogens with one attached hydrogen (secondary N) is 2. The second-order valence-electron chi connectivity index (χ2n) is 6.17. The molecule has 9 heteroatoms. The molecule has 4 rings (SSSR count). The lowest BCUT2D eigenvalue weighted by Crippen LogP contribution is -1.98. The Hall–Kier alpha value is -3.43. The third kappa shape index (κ3) is 4.20. The summed E-state index contributed by atoms with van der Waals surface area (Å²) in [5, 5.41) is 19.6. The van der Waals surface area contributed by atoms with Gasteiger partial charge in [-0.15, -0.1) is 10.2 Å². The number of pyridine rings is 1. The van der Waals surface area contributed by atoms with Crippen LogP contribution in [0.25, 0.3) is 33.3 Å². The van der Waals surface area contributed by atoms with Crippen molar-refractivity contribution in [2.45, 2.75) is 5.16 Å². The third-order valence-electron chi connectivity index (χ3n) is 4.22. The molecule has 0 radical (unpaired) electrons. The maximum absolute atomic E-state index is 10.8. The number of anilines is 1. The van der Waals surface area contributed by atoms with Crippen molar-refractivity contribution in [2.24, 2.45) is 0 Å². The number of benzene rings is 2. The number of aromatic nitrogens is 4. The van der Waals surface area contributed by atoms with Crippen molar-refractivity contribution < 1.29 is 14.7 Å². The minimum atomic E-state index is -0.910. The molecule has 8 nitrogen and oxygen atoms in total. The van der Waals surface area contributed by atoms with Crippen molar-refractivity contribution in [3.8, 4) is 22.5 Å². The van der Waals surface area contributed by atoms with Gasteiger partial charge >= 0.3 is 5.97 Å². The fourth-order valence-electron chi connectivity index (χ4n) is 3.04. The van der Waals surface area contributed by atoms with Crippen LogP contribution in [0.5, 0.6) is 0 Å². The van der Waals surface area contributed by atoms with Crippen molar-refractivity contribution in [2.75, 3.05) is 18.3 Å². The fraction of sp³-hybridized carbons (Fsp3) is 0.100. The molecule has 0 saturated heterocycles. The van der Waals surface area contributed by atoms with E-state index in [-0.39, 0.29) is 5.75 Å². The number of nitrogens with zero attached hydrogens (tertiary/aromatic N) is 3. The van der Waals surface area contributed by atoms with Gasteiger partial charge in [-0.2, -0.15) is 0 Å². The molecule has 3 N–H and O–H groups in total. The summed E-state index contributed by atoms with van der Waals surface area (Å²) in [7, 11) is 1.55. The number of hydrogen-bond acceptors (Lipinski definition) is 7. The first kappa shape index (κ1) is 18.9. The number of carboxylic acid groups (broad SMARTS) is 1. The minimum Gasteiger partial charge on any atom is -0.481 e. The number of hydrogen-bond donors (Lipinski definition) is 3. The van der Waals surface area contributed by atoms with E-state index in [1.165, 1.54) is 0 Å². The molecular weight excluding hydrogens is 390 g/mol. The zero-order valence-electron chi connectivity index (χ0n) is 15.4. The highest BCUT2D eigenvalue weighted by molar-refractivity contribution is 7.99. The van der Waals surface area contributed by atoms with Crippen LogP contribution in [0.1, 0.15) is 0 Å². The smallest absolute Gasteiger partial charge is 0.313 e. The van der Waals surface area contributed by atoms with E-state index in [2.05, 4.69) is 25.6 Å². The molecule has 2 aromatic heterocycles. The summed E-state index contributed by atoms with van der Waals surface area (Å²) in [6.07, 6.45) is 3.60. The number of rotatable bonds is 7. The number of carbonyl (C=O) groups is 1.